The highest BCUT2D eigenvalue weighted by molar-refractivity contribution is 5.71. The number of aliphatic carboxylic acids is 1. The van der Waals surface area contributed by atoms with E-state index in [9.17, 15) is 18.0 Å². The molecule has 106 valence electrons. The van der Waals surface area contributed by atoms with Crippen LogP contribution in [0.1, 0.15) is 26.7 Å². The van der Waals surface area contributed by atoms with Crippen LogP contribution in [0, 0.1) is 5.92 Å². The van der Waals surface area contributed by atoms with Crippen LogP contribution in [-0.4, -0.2) is 42.0 Å². The third kappa shape index (κ3) is 4.45. The summed E-state index contributed by atoms with van der Waals surface area (Å²) in [5.41, 5.74) is -0.382. The summed E-state index contributed by atoms with van der Waals surface area (Å²) in [6.45, 7) is 3.59. The van der Waals surface area contributed by atoms with Crippen LogP contribution >= 0.6 is 0 Å². The fourth-order valence-corrected chi connectivity index (χ4v) is 2.03. The SMILES string of the molecule is CC1(C)CC(NCC(C(=O)O)C(F)(F)F)CCO1. The highest BCUT2D eigenvalue weighted by Gasteiger charge is 2.45. The van der Waals surface area contributed by atoms with Gasteiger partial charge in [-0.05, 0) is 26.7 Å². The summed E-state index contributed by atoms with van der Waals surface area (Å²) in [5.74, 6) is -4.20. The highest BCUT2D eigenvalue weighted by atomic mass is 19.4. The van der Waals surface area contributed by atoms with Gasteiger partial charge in [-0.25, -0.2) is 0 Å². The lowest BCUT2D eigenvalue weighted by atomic mass is 9.93. The van der Waals surface area contributed by atoms with E-state index in [0.717, 1.165) is 0 Å². The molecule has 0 aromatic rings. The largest absolute Gasteiger partial charge is 0.481 e. The molecule has 7 heteroatoms. The molecule has 2 atom stereocenters. The fourth-order valence-electron chi connectivity index (χ4n) is 2.03. The number of carboxylic acid groups (broad SMARTS) is 1. The van der Waals surface area contributed by atoms with E-state index in [-0.39, 0.29) is 11.6 Å². The van der Waals surface area contributed by atoms with Gasteiger partial charge in [-0.1, -0.05) is 0 Å². The molecule has 0 saturated carbocycles. The van der Waals surface area contributed by atoms with Gasteiger partial charge < -0.3 is 15.2 Å². The number of ether oxygens (including phenoxy) is 1. The highest BCUT2D eigenvalue weighted by Crippen LogP contribution is 2.27. The van der Waals surface area contributed by atoms with Gasteiger partial charge in [-0.3, -0.25) is 4.79 Å². The van der Waals surface area contributed by atoms with Crippen LogP contribution in [0.3, 0.4) is 0 Å². The van der Waals surface area contributed by atoms with Crippen LogP contribution < -0.4 is 5.32 Å². The molecule has 0 bridgehead atoms. The minimum Gasteiger partial charge on any atom is -0.481 e. The van der Waals surface area contributed by atoms with Crippen molar-refractivity contribution in [3.8, 4) is 0 Å². The van der Waals surface area contributed by atoms with Gasteiger partial charge in [-0.15, -0.1) is 0 Å². The lowest BCUT2D eigenvalue weighted by Crippen LogP contribution is -2.48. The van der Waals surface area contributed by atoms with Gasteiger partial charge in [-0.2, -0.15) is 13.2 Å². The zero-order valence-electron chi connectivity index (χ0n) is 10.4. The molecule has 1 rings (SSSR count). The molecule has 1 heterocycles. The van der Waals surface area contributed by atoms with Gasteiger partial charge in [0.1, 0.15) is 0 Å². The lowest BCUT2D eigenvalue weighted by molar-refractivity contribution is -0.192. The molecule has 0 radical (unpaired) electrons. The Kier molecular flexibility index (Phi) is 4.61. The molecule has 0 aromatic heterocycles. The third-order valence-electron chi connectivity index (χ3n) is 3.00. The normalized spacial score (nSPS) is 25.7. The van der Waals surface area contributed by atoms with Crippen molar-refractivity contribution in [2.75, 3.05) is 13.2 Å². The topological polar surface area (TPSA) is 58.6 Å². The number of hydrogen-bond acceptors (Lipinski definition) is 3. The Bertz CT molecular complexity index is 304. The Morgan fingerprint density at radius 2 is 2.17 bits per heavy atom. The monoisotopic (exact) mass is 269 g/mol. The van der Waals surface area contributed by atoms with E-state index >= 15 is 0 Å². The molecule has 0 aliphatic carbocycles. The number of carbonyl (C=O) groups is 1. The van der Waals surface area contributed by atoms with Crippen molar-refractivity contribution in [2.45, 2.75) is 44.5 Å². The minimum absolute atomic E-state index is 0.141. The number of carboxylic acids is 1. The van der Waals surface area contributed by atoms with Gasteiger partial charge >= 0.3 is 12.1 Å². The number of rotatable bonds is 4. The first kappa shape index (κ1) is 15.2. The van der Waals surface area contributed by atoms with Gasteiger partial charge in [0, 0.05) is 19.2 Å². The fraction of sp³-hybridized carbons (Fsp3) is 0.909. The van der Waals surface area contributed by atoms with Crippen molar-refractivity contribution in [2.24, 2.45) is 5.92 Å². The number of nitrogens with one attached hydrogen (secondary N) is 1. The predicted molar refractivity (Wildman–Crippen MR) is 58.2 cm³/mol. The Hall–Kier alpha value is -0.820. The standard InChI is InChI=1S/C11H18F3NO3/c1-10(2)5-7(3-4-18-10)15-6-8(9(16)17)11(12,13)14/h7-8,15H,3-6H2,1-2H3,(H,16,17). The van der Waals surface area contributed by atoms with Gasteiger partial charge in [0.2, 0.25) is 0 Å². The molecular weight excluding hydrogens is 251 g/mol. The van der Waals surface area contributed by atoms with Crippen LogP contribution in [0.15, 0.2) is 0 Å². The summed E-state index contributed by atoms with van der Waals surface area (Å²) < 4.78 is 42.7. The van der Waals surface area contributed by atoms with Crippen molar-refractivity contribution in [1.82, 2.24) is 5.32 Å². The second-order valence-corrected chi connectivity index (χ2v) is 5.14. The quantitative estimate of drug-likeness (QED) is 0.817. The summed E-state index contributed by atoms with van der Waals surface area (Å²) in [4.78, 5) is 10.6. The summed E-state index contributed by atoms with van der Waals surface area (Å²) in [5, 5.41) is 11.2. The minimum atomic E-state index is -4.72. The molecule has 2 unspecified atom stereocenters. The molecule has 1 saturated heterocycles. The smallest absolute Gasteiger partial charge is 0.403 e. The number of alkyl halides is 3. The molecular formula is C11H18F3NO3. The van der Waals surface area contributed by atoms with Crippen LogP contribution in [0.2, 0.25) is 0 Å². The molecule has 2 N–H and O–H groups in total. The van der Waals surface area contributed by atoms with Crippen LogP contribution in [-0.2, 0) is 9.53 Å². The van der Waals surface area contributed by atoms with Gasteiger partial charge in [0.15, 0.2) is 5.92 Å². The van der Waals surface area contributed by atoms with E-state index in [4.69, 9.17) is 9.84 Å². The molecule has 1 aliphatic rings. The maximum Gasteiger partial charge on any atom is 0.403 e. The van der Waals surface area contributed by atoms with Crippen molar-refractivity contribution in [3.05, 3.63) is 0 Å². The maximum absolute atomic E-state index is 12.4. The Morgan fingerprint density at radius 3 is 2.61 bits per heavy atom. The second kappa shape index (κ2) is 5.44. The van der Waals surface area contributed by atoms with E-state index in [2.05, 4.69) is 5.32 Å². The van der Waals surface area contributed by atoms with Crippen molar-refractivity contribution in [1.29, 1.82) is 0 Å². The molecule has 0 amide bonds. The van der Waals surface area contributed by atoms with E-state index < -0.39 is 24.6 Å². The molecule has 0 spiro atoms. The Morgan fingerprint density at radius 1 is 1.56 bits per heavy atom. The number of halogens is 3. The van der Waals surface area contributed by atoms with E-state index in [1.165, 1.54) is 0 Å². The molecule has 4 nitrogen and oxygen atoms in total. The van der Waals surface area contributed by atoms with Crippen LogP contribution in [0.5, 0.6) is 0 Å². The average Bonchev–Trinajstić information content (AvgIpc) is 2.13. The van der Waals surface area contributed by atoms with E-state index in [1.807, 2.05) is 13.8 Å². The van der Waals surface area contributed by atoms with E-state index in [1.54, 1.807) is 0 Å². The molecule has 1 fully saturated rings. The van der Waals surface area contributed by atoms with Gasteiger partial charge in [0.25, 0.3) is 0 Å². The Balaban J connectivity index is 2.50. The van der Waals surface area contributed by atoms with Crippen LogP contribution in [0.25, 0.3) is 0 Å². The van der Waals surface area contributed by atoms with Crippen molar-refractivity contribution >= 4 is 5.97 Å². The summed E-state index contributed by atoms with van der Waals surface area (Å²) in [7, 11) is 0. The van der Waals surface area contributed by atoms with Crippen LogP contribution in [0.4, 0.5) is 13.2 Å². The summed E-state index contributed by atoms with van der Waals surface area (Å²) in [6, 6.07) is -0.141. The predicted octanol–water partition coefficient (Wildman–Crippen LogP) is 1.80. The lowest BCUT2D eigenvalue weighted by Gasteiger charge is -2.36. The number of hydrogen-bond donors (Lipinski definition) is 2. The molecule has 1 aliphatic heterocycles. The van der Waals surface area contributed by atoms with Crippen molar-refractivity contribution < 1.29 is 27.8 Å². The summed E-state index contributed by atoms with van der Waals surface area (Å²) >= 11 is 0. The van der Waals surface area contributed by atoms with Crippen molar-refractivity contribution in [3.63, 3.8) is 0 Å². The average molecular weight is 269 g/mol. The zero-order valence-corrected chi connectivity index (χ0v) is 10.4. The zero-order chi connectivity index (χ0) is 14.0. The van der Waals surface area contributed by atoms with E-state index in [0.29, 0.717) is 19.4 Å². The first-order valence-electron chi connectivity index (χ1n) is 5.79. The second-order valence-electron chi connectivity index (χ2n) is 5.14. The van der Waals surface area contributed by atoms with Gasteiger partial charge in [0.05, 0.1) is 5.60 Å². The molecule has 18 heavy (non-hydrogen) atoms. The Labute approximate surface area is 103 Å². The third-order valence-corrected chi connectivity index (χ3v) is 3.00. The first-order chi connectivity index (χ1) is 8.12. The maximum atomic E-state index is 12.4. The first-order valence-corrected chi connectivity index (χ1v) is 5.79. The molecule has 0 aromatic carbocycles. The summed E-state index contributed by atoms with van der Waals surface area (Å²) in [6.07, 6.45) is -3.57.